The maximum Gasteiger partial charge on any atom is 0.343 e. The van der Waals surface area contributed by atoms with E-state index in [4.69, 9.17) is 4.42 Å². The van der Waals surface area contributed by atoms with Crippen LogP contribution in [0.3, 0.4) is 0 Å². The highest BCUT2D eigenvalue weighted by Gasteiger charge is 2.23. The molecule has 0 aliphatic rings. The topological polar surface area (TPSA) is 47.7 Å². The van der Waals surface area contributed by atoms with E-state index >= 15 is 0 Å². The van der Waals surface area contributed by atoms with Gasteiger partial charge in [-0.1, -0.05) is 36.4 Å². The van der Waals surface area contributed by atoms with E-state index in [1.54, 1.807) is 22.1 Å². The fourth-order valence-electron chi connectivity index (χ4n) is 2.25. The Kier molecular flexibility index (Phi) is 4.21. The van der Waals surface area contributed by atoms with E-state index in [1.165, 1.54) is 0 Å². The van der Waals surface area contributed by atoms with Gasteiger partial charge in [-0.3, -0.25) is 0 Å². The molecule has 0 saturated heterocycles. The maximum atomic E-state index is 5.13. The molecule has 0 atom stereocenters. The molecule has 0 saturated carbocycles. The molecule has 0 spiro atoms. The summed E-state index contributed by atoms with van der Waals surface area (Å²) >= 11 is 0. The summed E-state index contributed by atoms with van der Waals surface area (Å²) in [4.78, 5) is 3.55. The third-order valence-corrected chi connectivity index (χ3v) is 3.31. The number of hydrogen-bond donors (Lipinski definition) is 0. The monoisotopic (exact) mass is 324 g/mol. The van der Waals surface area contributed by atoms with Crippen molar-refractivity contribution >= 4 is 0 Å². The van der Waals surface area contributed by atoms with Gasteiger partial charge < -0.3 is 16.8 Å². The summed E-state index contributed by atoms with van der Waals surface area (Å²) in [6, 6.07) is 21.7. The van der Waals surface area contributed by atoms with Crippen LogP contribution in [0.4, 0.5) is 0 Å². The molecule has 0 aliphatic carbocycles. The summed E-state index contributed by atoms with van der Waals surface area (Å²) in [5.74, 6) is 0.612. The summed E-state index contributed by atoms with van der Waals surface area (Å²) in [5.41, 5.74) is 2.72. The van der Waals surface area contributed by atoms with E-state index in [0.29, 0.717) is 5.82 Å². The lowest BCUT2D eigenvalue weighted by molar-refractivity contribution is -0.734. The predicted octanol–water partition coefficient (Wildman–Crippen LogP) is -0.192. The minimum atomic E-state index is 0. The number of hydrogen-bond acceptors (Lipinski definition) is 3. The van der Waals surface area contributed by atoms with Gasteiger partial charge in [0.2, 0.25) is 0 Å². The molecule has 6 heteroatoms. The largest absolute Gasteiger partial charge is 1.00 e. The third-order valence-electron chi connectivity index (χ3n) is 3.31. The van der Waals surface area contributed by atoms with Gasteiger partial charge in [0.1, 0.15) is 12.0 Å². The van der Waals surface area contributed by atoms with Crippen LogP contribution in [-0.4, -0.2) is 15.0 Å². The smallest absolute Gasteiger partial charge is 0.343 e. The van der Waals surface area contributed by atoms with E-state index in [2.05, 4.69) is 10.2 Å². The first-order chi connectivity index (χ1) is 10.9. The predicted molar refractivity (Wildman–Crippen MR) is 80.6 cm³/mol. The SMILES string of the molecule is [Cl-].c1ccc(-n2nc(-c3ccoc3)n[n+]2-c2ccccc2)cc1. The molecule has 114 valence electrons. The Morgan fingerprint density at radius 3 is 2.22 bits per heavy atom. The molecular weight excluding hydrogens is 312 g/mol. The van der Waals surface area contributed by atoms with Crippen molar-refractivity contribution in [3.63, 3.8) is 0 Å². The number of furan rings is 1. The fraction of sp³-hybridized carbons (Fsp3) is 0. The lowest BCUT2D eigenvalue weighted by Crippen LogP contribution is -3.00. The number of benzene rings is 2. The van der Waals surface area contributed by atoms with Crippen LogP contribution in [0.5, 0.6) is 0 Å². The Morgan fingerprint density at radius 1 is 0.870 bits per heavy atom. The normalized spacial score (nSPS) is 10.3. The van der Waals surface area contributed by atoms with E-state index < -0.39 is 0 Å². The molecule has 4 aromatic rings. The molecule has 5 nitrogen and oxygen atoms in total. The highest BCUT2D eigenvalue weighted by molar-refractivity contribution is 5.51. The van der Waals surface area contributed by atoms with Crippen molar-refractivity contribution in [2.24, 2.45) is 0 Å². The lowest BCUT2D eigenvalue weighted by atomic mass is 10.3. The lowest BCUT2D eigenvalue weighted by Gasteiger charge is -1.98. The maximum absolute atomic E-state index is 5.13. The second kappa shape index (κ2) is 6.46. The third kappa shape index (κ3) is 2.86. The van der Waals surface area contributed by atoms with Crippen molar-refractivity contribution in [3.05, 3.63) is 79.3 Å². The van der Waals surface area contributed by atoms with Crippen LogP contribution >= 0.6 is 0 Å². The van der Waals surface area contributed by atoms with Gasteiger partial charge in [0.15, 0.2) is 5.69 Å². The molecule has 2 aromatic carbocycles. The standard InChI is InChI=1S/C17H13N4O.ClH/c1-3-7-15(8-4-1)20-18-17(14-11-12-22-13-14)19-21(20)16-9-5-2-6-10-16;/h1-13H;1H/q+1;/p-1. The number of nitrogens with zero attached hydrogens (tertiary/aromatic N) is 4. The molecule has 2 aromatic heterocycles. The van der Waals surface area contributed by atoms with Crippen LogP contribution in [0.1, 0.15) is 0 Å². The average molecular weight is 325 g/mol. The van der Waals surface area contributed by atoms with Gasteiger partial charge in [-0.25, -0.2) is 0 Å². The van der Waals surface area contributed by atoms with E-state index in [9.17, 15) is 0 Å². The minimum absolute atomic E-state index is 0. The first-order valence-corrected chi connectivity index (χ1v) is 6.95. The highest BCUT2D eigenvalue weighted by Crippen LogP contribution is 2.15. The van der Waals surface area contributed by atoms with Gasteiger partial charge in [0.05, 0.1) is 16.9 Å². The first kappa shape index (κ1) is 15.0. The van der Waals surface area contributed by atoms with E-state index in [0.717, 1.165) is 16.9 Å². The number of halogens is 1. The number of para-hydroxylation sites is 2. The first-order valence-electron chi connectivity index (χ1n) is 6.95. The second-order valence-corrected chi connectivity index (χ2v) is 4.79. The molecule has 0 N–H and O–H groups in total. The van der Waals surface area contributed by atoms with E-state index in [1.807, 2.05) is 66.7 Å². The zero-order valence-corrected chi connectivity index (χ0v) is 12.8. The zero-order chi connectivity index (χ0) is 14.8. The van der Waals surface area contributed by atoms with Crippen molar-refractivity contribution in [1.29, 1.82) is 0 Å². The Morgan fingerprint density at radius 2 is 1.57 bits per heavy atom. The van der Waals surface area contributed by atoms with Crippen LogP contribution in [0.2, 0.25) is 0 Å². The minimum Gasteiger partial charge on any atom is -1.00 e. The summed E-state index contributed by atoms with van der Waals surface area (Å²) in [6.45, 7) is 0. The summed E-state index contributed by atoms with van der Waals surface area (Å²) in [5, 5.41) is 9.22. The van der Waals surface area contributed by atoms with Crippen molar-refractivity contribution in [2.45, 2.75) is 0 Å². The summed E-state index contributed by atoms with van der Waals surface area (Å²) in [7, 11) is 0. The molecule has 2 heterocycles. The highest BCUT2D eigenvalue weighted by atomic mass is 35.5. The zero-order valence-electron chi connectivity index (χ0n) is 12.1. The molecular formula is C17H13ClN4O. The Balaban J connectivity index is 0.00000156. The fourth-order valence-corrected chi connectivity index (χ4v) is 2.25. The van der Waals surface area contributed by atoms with Crippen molar-refractivity contribution in [1.82, 2.24) is 15.0 Å². The molecule has 4 rings (SSSR count). The average Bonchev–Trinajstić information content (AvgIpc) is 3.26. The van der Waals surface area contributed by atoms with Gasteiger partial charge in [-0.15, -0.1) is 0 Å². The molecule has 0 bridgehead atoms. The van der Waals surface area contributed by atoms with E-state index in [-0.39, 0.29) is 12.4 Å². The van der Waals surface area contributed by atoms with Gasteiger partial charge in [0, 0.05) is 4.80 Å². The van der Waals surface area contributed by atoms with Gasteiger partial charge in [-0.05, 0) is 40.2 Å². The van der Waals surface area contributed by atoms with Crippen LogP contribution in [0.25, 0.3) is 22.8 Å². The number of rotatable bonds is 3. The van der Waals surface area contributed by atoms with Crippen LogP contribution in [0, 0.1) is 0 Å². The Labute approximate surface area is 139 Å². The molecule has 0 unspecified atom stereocenters. The van der Waals surface area contributed by atoms with Crippen molar-refractivity contribution in [3.8, 4) is 22.8 Å². The molecule has 23 heavy (non-hydrogen) atoms. The summed E-state index contributed by atoms with van der Waals surface area (Å²) in [6.07, 6.45) is 3.26. The molecule has 0 amide bonds. The Bertz CT molecular complexity index is 817. The van der Waals surface area contributed by atoms with Crippen molar-refractivity contribution in [2.75, 3.05) is 0 Å². The van der Waals surface area contributed by atoms with Crippen LogP contribution < -0.4 is 17.2 Å². The number of tetrazole rings is 1. The van der Waals surface area contributed by atoms with Crippen LogP contribution in [0.15, 0.2) is 83.7 Å². The van der Waals surface area contributed by atoms with Crippen LogP contribution in [-0.2, 0) is 0 Å². The number of aromatic nitrogens is 4. The molecule has 0 aliphatic heterocycles. The Hall–Kier alpha value is -2.92. The summed E-state index contributed by atoms with van der Waals surface area (Å²) < 4.78 is 5.13. The van der Waals surface area contributed by atoms with Gasteiger partial charge in [0.25, 0.3) is 0 Å². The van der Waals surface area contributed by atoms with Gasteiger partial charge in [-0.2, -0.15) is 0 Å². The second-order valence-electron chi connectivity index (χ2n) is 4.79. The molecule has 0 radical (unpaired) electrons. The quantitative estimate of drug-likeness (QED) is 0.491. The van der Waals surface area contributed by atoms with Crippen molar-refractivity contribution < 1.29 is 21.6 Å². The molecule has 0 fully saturated rings. The van der Waals surface area contributed by atoms with Gasteiger partial charge >= 0.3 is 5.82 Å².